The van der Waals surface area contributed by atoms with Crippen LogP contribution >= 0.6 is 23.2 Å². The molecule has 11 nitrogen and oxygen atoms in total. The molecule has 2 aliphatic rings. The Morgan fingerprint density at radius 2 is 1.64 bits per heavy atom. The summed E-state index contributed by atoms with van der Waals surface area (Å²) in [5, 5.41) is 23.2. The molecule has 0 spiro atoms. The van der Waals surface area contributed by atoms with E-state index in [1.54, 1.807) is 30.5 Å². The fraction of sp³-hybridized carbons (Fsp3) is 0.217. The molecule has 3 heterocycles. The monoisotopic (exact) mass is 827 g/mol. The van der Waals surface area contributed by atoms with Gasteiger partial charge >= 0.3 is 5.97 Å². The molecular formula is C46H39Cl2N5O6. The molecule has 0 bridgehead atoms. The maximum Gasteiger partial charge on any atom is 0.326 e. The van der Waals surface area contributed by atoms with Gasteiger partial charge in [-0.2, -0.15) is 5.26 Å². The number of aromatic nitrogens is 2. The number of carbonyl (C=O) groups is 2. The van der Waals surface area contributed by atoms with Gasteiger partial charge in [-0.3, -0.25) is 9.69 Å². The molecule has 2 N–H and O–H groups in total. The molecule has 0 fully saturated rings. The molecule has 0 radical (unpaired) electrons. The number of aliphatic carboxylic acids is 1. The number of hydrogen-bond acceptors (Lipinski definition) is 8. The number of halogens is 2. The molecule has 59 heavy (non-hydrogen) atoms. The number of nitrogens with one attached hydrogen (secondary N) is 1. The van der Waals surface area contributed by atoms with E-state index in [9.17, 15) is 14.7 Å². The number of fused-ring (bicyclic) bond motifs is 2. The number of nitriles is 1. The van der Waals surface area contributed by atoms with Crippen molar-refractivity contribution in [1.82, 2.24) is 19.8 Å². The zero-order chi connectivity index (χ0) is 41.0. The van der Waals surface area contributed by atoms with Crippen molar-refractivity contribution >= 4 is 35.1 Å². The van der Waals surface area contributed by atoms with Crippen LogP contribution in [0.1, 0.15) is 45.3 Å². The summed E-state index contributed by atoms with van der Waals surface area (Å²) in [6.45, 7) is 1.40. The predicted molar refractivity (Wildman–Crippen MR) is 222 cm³/mol. The average molecular weight is 829 g/mol. The van der Waals surface area contributed by atoms with E-state index in [4.69, 9.17) is 42.7 Å². The number of imidazole rings is 1. The van der Waals surface area contributed by atoms with Crippen LogP contribution in [0.3, 0.4) is 0 Å². The van der Waals surface area contributed by atoms with Gasteiger partial charge in [0.1, 0.15) is 30.8 Å². The maximum atomic E-state index is 14.1. The van der Waals surface area contributed by atoms with E-state index in [1.807, 2.05) is 102 Å². The van der Waals surface area contributed by atoms with Gasteiger partial charge in [-0.1, -0.05) is 77.8 Å². The van der Waals surface area contributed by atoms with Crippen LogP contribution in [0, 0.1) is 11.3 Å². The molecule has 0 aliphatic carbocycles. The number of carbonyl (C=O) groups excluding carboxylic acids is 1. The maximum absolute atomic E-state index is 14.1. The van der Waals surface area contributed by atoms with E-state index in [2.05, 4.69) is 16.4 Å². The molecule has 13 heteroatoms. The normalized spacial score (nSPS) is 16.4. The number of ether oxygens (including phenoxy) is 3. The number of carboxylic acid groups (broad SMARTS) is 1. The molecule has 298 valence electrons. The molecule has 2 aliphatic heterocycles. The molecule has 8 rings (SSSR count). The lowest BCUT2D eigenvalue weighted by molar-refractivity contribution is -0.143. The molecular weight excluding hydrogens is 789 g/mol. The third-order valence-corrected chi connectivity index (χ3v) is 11.5. The van der Waals surface area contributed by atoms with Crippen LogP contribution in [0.5, 0.6) is 17.2 Å². The summed E-state index contributed by atoms with van der Waals surface area (Å²) in [6.07, 6.45) is 3.65. The minimum absolute atomic E-state index is 0.103. The Bertz CT molecular complexity index is 2540. The zero-order valence-electron chi connectivity index (χ0n) is 32.0. The highest BCUT2D eigenvalue weighted by molar-refractivity contribution is 6.42. The summed E-state index contributed by atoms with van der Waals surface area (Å²) in [5.41, 5.74) is 6.96. The fourth-order valence-corrected chi connectivity index (χ4v) is 7.69. The highest BCUT2D eigenvalue weighted by atomic mass is 35.5. The summed E-state index contributed by atoms with van der Waals surface area (Å²) >= 11 is 12.2. The lowest BCUT2D eigenvalue weighted by atomic mass is 9.92. The molecule has 3 atom stereocenters. The van der Waals surface area contributed by atoms with Crippen molar-refractivity contribution < 1.29 is 28.9 Å². The number of rotatable bonds is 12. The van der Waals surface area contributed by atoms with Gasteiger partial charge in [0.05, 0.1) is 34.3 Å². The van der Waals surface area contributed by atoms with Gasteiger partial charge in [0.15, 0.2) is 17.6 Å². The van der Waals surface area contributed by atoms with Gasteiger partial charge < -0.3 is 29.2 Å². The Morgan fingerprint density at radius 3 is 2.32 bits per heavy atom. The van der Waals surface area contributed by atoms with Crippen LogP contribution in [0.15, 0.2) is 116 Å². The number of amides is 1. The first-order chi connectivity index (χ1) is 28.6. The molecule has 3 unspecified atom stereocenters. The van der Waals surface area contributed by atoms with Crippen molar-refractivity contribution in [3.05, 3.63) is 165 Å². The molecule has 5 aromatic carbocycles. The first-order valence-electron chi connectivity index (χ1n) is 19.0. The summed E-state index contributed by atoms with van der Waals surface area (Å²) < 4.78 is 20.6. The van der Waals surface area contributed by atoms with E-state index in [0.717, 1.165) is 44.8 Å². The van der Waals surface area contributed by atoms with Crippen LogP contribution in [-0.4, -0.2) is 50.1 Å². The van der Waals surface area contributed by atoms with Gasteiger partial charge in [0.25, 0.3) is 0 Å². The Kier molecular flexibility index (Phi) is 11.6. The Hall–Kier alpha value is -6.32. The van der Waals surface area contributed by atoms with E-state index in [0.29, 0.717) is 65.6 Å². The van der Waals surface area contributed by atoms with Crippen molar-refractivity contribution in [2.45, 2.75) is 50.7 Å². The summed E-state index contributed by atoms with van der Waals surface area (Å²) in [4.78, 5) is 33.2. The van der Waals surface area contributed by atoms with Crippen molar-refractivity contribution in [2.24, 2.45) is 7.05 Å². The second-order valence-electron chi connectivity index (χ2n) is 14.7. The van der Waals surface area contributed by atoms with Crippen LogP contribution < -0.4 is 19.5 Å². The number of aryl methyl sites for hydroxylation is 1. The third kappa shape index (κ3) is 9.06. The van der Waals surface area contributed by atoms with Crippen LogP contribution in [-0.2, 0) is 49.2 Å². The van der Waals surface area contributed by atoms with Crippen molar-refractivity contribution in [1.29, 1.82) is 5.26 Å². The average Bonchev–Trinajstić information content (AvgIpc) is 3.66. The highest BCUT2D eigenvalue weighted by Crippen LogP contribution is 2.41. The van der Waals surface area contributed by atoms with E-state index >= 15 is 0 Å². The minimum atomic E-state index is -1.15. The molecule has 1 amide bonds. The van der Waals surface area contributed by atoms with E-state index in [-0.39, 0.29) is 18.4 Å². The fourth-order valence-electron chi connectivity index (χ4n) is 7.37. The highest BCUT2D eigenvalue weighted by Gasteiger charge is 2.36. The van der Waals surface area contributed by atoms with E-state index < -0.39 is 18.1 Å². The number of carboxylic acids is 1. The van der Waals surface area contributed by atoms with Gasteiger partial charge in [0.2, 0.25) is 5.91 Å². The van der Waals surface area contributed by atoms with Crippen molar-refractivity contribution in [3.8, 4) is 34.4 Å². The molecule has 1 aromatic heterocycles. The third-order valence-electron chi connectivity index (χ3n) is 10.7. The summed E-state index contributed by atoms with van der Waals surface area (Å²) in [6, 6.07) is 32.1. The number of hydrogen-bond donors (Lipinski definition) is 2. The molecule has 0 saturated carbocycles. The minimum Gasteiger partial charge on any atom is -0.489 e. The molecule has 0 saturated heterocycles. The topological polar surface area (TPSA) is 139 Å². The largest absolute Gasteiger partial charge is 0.489 e. The van der Waals surface area contributed by atoms with Crippen LogP contribution in [0.25, 0.3) is 11.1 Å². The quantitative estimate of drug-likeness (QED) is 0.125. The lowest BCUT2D eigenvalue weighted by Crippen LogP contribution is -2.54. The van der Waals surface area contributed by atoms with Gasteiger partial charge in [-0.15, -0.1) is 0 Å². The second kappa shape index (κ2) is 17.3. The Labute approximate surface area is 351 Å². The second-order valence-corrected chi connectivity index (χ2v) is 15.5. The first-order valence-corrected chi connectivity index (χ1v) is 19.8. The van der Waals surface area contributed by atoms with Crippen LogP contribution in [0.4, 0.5) is 0 Å². The number of nitrogens with zero attached hydrogens (tertiary/aromatic N) is 4. The molecule has 6 aromatic rings. The van der Waals surface area contributed by atoms with Gasteiger partial charge in [-0.25, -0.2) is 9.78 Å². The Morgan fingerprint density at radius 1 is 0.932 bits per heavy atom. The Balaban J connectivity index is 0.957. The first kappa shape index (κ1) is 39.5. The smallest absolute Gasteiger partial charge is 0.326 e. The zero-order valence-corrected chi connectivity index (χ0v) is 33.5. The van der Waals surface area contributed by atoms with Crippen molar-refractivity contribution in [3.63, 3.8) is 0 Å². The predicted octanol–water partition coefficient (Wildman–Crippen LogP) is 8.10. The standard InChI is InChI=1S/C46H39Cl2N5O6/c1-52-17-16-50-44(52)25-53-24-35-22-42-41(58-27-43(59-42)33-11-13-36(14-12-33)57-26-30-6-15-37(47)38(48)18-30)21-34(35)20-40(53)45(54)51-39(46(55)56)19-28-2-7-31(8-3-28)32-9-4-29(23-49)5-10-32/h2-18,21-22,39-40,43H,19-20,24-27H2,1H3,(H,51,54)(H,55,56). The summed E-state index contributed by atoms with van der Waals surface area (Å²) in [5.74, 6) is 1.15. The summed E-state index contributed by atoms with van der Waals surface area (Å²) in [7, 11) is 1.90. The van der Waals surface area contributed by atoms with E-state index in [1.165, 1.54) is 0 Å². The lowest BCUT2D eigenvalue weighted by Gasteiger charge is -2.37. The van der Waals surface area contributed by atoms with Gasteiger partial charge in [0, 0.05) is 32.4 Å². The van der Waals surface area contributed by atoms with Crippen LogP contribution in [0.2, 0.25) is 10.0 Å². The van der Waals surface area contributed by atoms with Gasteiger partial charge in [-0.05, 0) is 93.9 Å². The van der Waals surface area contributed by atoms with Crippen molar-refractivity contribution in [2.75, 3.05) is 6.61 Å². The number of benzene rings is 5. The SMILES string of the molecule is Cn1ccnc1CN1Cc2cc3c(cc2CC1C(=O)NC(Cc1ccc(-c2ccc(C#N)cc2)cc1)C(=O)O)OCC(c1ccc(OCc2ccc(Cl)c(Cl)c2)cc1)O3.